The summed E-state index contributed by atoms with van der Waals surface area (Å²) in [5.74, 6) is 0. The van der Waals surface area contributed by atoms with Crippen LogP contribution in [0, 0.1) is 0 Å². The van der Waals surface area contributed by atoms with E-state index in [9.17, 15) is 9.59 Å². The molecule has 2 aromatic rings. The summed E-state index contributed by atoms with van der Waals surface area (Å²) in [6.45, 7) is 0. The first-order valence-electron chi connectivity index (χ1n) is 6.80. The molecule has 0 spiro atoms. The molecule has 0 radical (unpaired) electrons. The van der Waals surface area contributed by atoms with Gasteiger partial charge in [0.15, 0.2) is 0 Å². The van der Waals surface area contributed by atoms with Gasteiger partial charge >= 0.3 is 12.1 Å². The molecule has 0 saturated carbocycles. The smallest absolute Gasteiger partial charge is 0.340 e. The first kappa shape index (κ1) is 15.4. The minimum atomic E-state index is -0.427. The van der Waals surface area contributed by atoms with Crippen molar-refractivity contribution in [3.05, 3.63) is 60.7 Å². The molecule has 2 N–H and O–H groups in total. The first-order chi connectivity index (χ1) is 10.6. The van der Waals surface area contributed by atoms with E-state index in [1.165, 1.54) is 24.1 Å². The molecule has 2 rings (SSSR count). The second kappa shape index (κ2) is 7.12. The Hall–Kier alpha value is -3.02. The average Bonchev–Trinajstić information content (AvgIpc) is 2.56. The lowest BCUT2D eigenvalue weighted by Gasteiger charge is -2.31. The number of amides is 4. The molecule has 22 heavy (non-hydrogen) atoms. The number of carbonyl (C=O) groups is 2. The topological polar surface area (TPSA) is 64.7 Å². The van der Waals surface area contributed by atoms with Crippen molar-refractivity contribution >= 4 is 23.4 Å². The molecule has 0 aromatic heterocycles. The number of hydrogen-bond donors (Lipinski definition) is 2. The Kier molecular flexibility index (Phi) is 4.98. The number of nitrogens with one attached hydrogen (secondary N) is 2. The van der Waals surface area contributed by atoms with Crippen LogP contribution >= 0.6 is 0 Å². The van der Waals surface area contributed by atoms with Gasteiger partial charge in [-0.15, -0.1) is 0 Å². The summed E-state index contributed by atoms with van der Waals surface area (Å²) in [6, 6.07) is 17.2. The third-order valence-electron chi connectivity index (χ3n) is 3.03. The maximum Gasteiger partial charge on any atom is 0.345 e. The summed E-state index contributed by atoms with van der Waals surface area (Å²) in [5, 5.41) is 7.75. The predicted octanol–water partition coefficient (Wildman–Crippen LogP) is 2.91. The summed E-state index contributed by atoms with van der Waals surface area (Å²) in [7, 11) is 3.04. The second-order valence-corrected chi connectivity index (χ2v) is 4.52. The molecule has 2 aromatic carbocycles. The third-order valence-corrected chi connectivity index (χ3v) is 3.03. The van der Waals surface area contributed by atoms with E-state index < -0.39 is 12.1 Å². The number of nitrogens with zero attached hydrogens (tertiary/aromatic N) is 2. The number of urea groups is 2. The van der Waals surface area contributed by atoms with E-state index in [0.29, 0.717) is 11.4 Å². The van der Waals surface area contributed by atoms with E-state index >= 15 is 0 Å². The van der Waals surface area contributed by atoms with Crippen LogP contribution < -0.4 is 15.6 Å². The molecule has 0 saturated heterocycles. The van der Waals surface area contributed by atoms with E-state index in [0.717, 1.165) is 0 Å². The SMILES string of the molecule is CNC(=O)N(C)N(C(=O)Nc1ccccc1)c1ccccc1. The first-order valence-corrected chi connectivity index (χ1v) is 6.80. The summed E-state index contributed by atoms with van der Waals surface area (Å²) < 4.78 is 0. The Labute approximate surface area is 129 Å². The van der Waals surface area contributed by atoms with Crippen LogP contribution in [0.2, 0.25) is 0 Å². The van der Waals surface area contributed by atoms with Crippen molar-refractivity contribution in [1.82, 2.24) is 10.3 Å². The summed E-state index contributed by atoms with van der Waals surface area (Å²) in [6.07, 6.45) is 0. The maximum absolute atomic E-state index is 12.6. The lowest BCUT2D eigenvalue weighted by Crippen LogP contribution is -2.52. The van der Waals surface area contributed by atoms with Crippen molar-refractivity contribution in [2.75, 3.05) is 24.4 Å². The quantitative estimate of drug-likeness (QED) is 0.837. The van der Waals surface area contributed by atoms with Crippen LogP contribution in [0.25, 0.3) is 0 Å². The molecule has 6 nitrogen and oxygen atoms in total. The Morgan fingerprint density at radius 2 is 1.41 bits per heavy atom. The fourth-order valence-electron chi connectivity index (χ4n) is 1.95. The fraction of sp³-hybridized carbons (Fsp3) is 0.125. The molecule has 0 atom stereocenters. The summed E-state index contributed by atoms with van der Waals surface area (Å²) in [4.78, 5) is 24.4. The Bertz CT molecular complexity index is 631. The minimum absolute atomic E-state index is 0.396. The van der Waals surface area contributed by atoms with Crippen LogP contribution in [0.1, 0.15) is 0 Å². The zero-order valence-electron chi connectivity index (χ0n) is 12.5. The molecule has 0 aliphatic heterocycles. The number of para-hydroxylation sites is 2. The van der Waals surface area contributed by atoms with Gasteiger partial charge in [0.05, 0.1) is 5.69 Å². The standard InChI is InChI=1S/C16H18N4O2/c1-17-15(21)19(2)20(14-11-7-4-8-12-14)16(22)18-13-9-5-3-6-10-13/h3-12H,1-2H3,(H,17,21)(H,18,22). The van der Waals surface area contributed by atoms with Crippen LogP contribution in [0.15, 0.2) is 60.7 Å². The normalized spacial score (nSPS) is 9.73. The Morgan fingerprint density at radius 1 is 0.864 bits per heavy atom. The van der Waals surface area contributed by atoms with Gasteiger partial charge in [-0.3, -0.25) is 0 Å². The Morgan fingerprint density at radius 3 is 1.95 bits per heavy atom. The van der Waals surface area contributed by atoms with Gasteiger partial charge in [-0.2, -0.15) is 5.01 Å². The van der Waals surface area contributed by atoms with Gasteiger partial charge in [-0.05, 0) is 24.3 Å². The number of hydrogen-bond acceptors (Lipinski definition) is 2. The maximum atomic E-state index is 12.6. The van der Waals surface area contributed by atoms with Gasteiger partial charge in [0.2, 0.25) is 0 Å². The Balaban J connectivity index is 2.28. The van der Waals surface area contributed by atoms with E-state index in [-0.39, 0.29) is 0 Å². The van der Waals surface area contributed by atoms with Crippen molar-refractivity contribution in [3.8, 4) is 0 Å². The fourth-order valence-corrected chi connectivity index (χ4v) is 1.95. The highest BCUT2D eigenvalue weighted by molar-refractivity contribution is 6.03. The van der Waals surface area contributed by atoms with E-state index in [2.05, 4.69) is 10.6 Å². The number of benzene rings is 2. The number of rotatable bonds is 2. The highest BCUT2D eigenvalue weighted by atomic mass is 16.2. The molecule has 4 amide bonds. The van der Waals surface area contributed by atoms with E-state index in [1.54, 1.807) is 36.4 Å². The largest absolute Gasteiger partial charge is 0.345 e. The average molecular weight is 298 g/mol. The predicted molar refractivity (Wildman–Crippen MR) is 86.6 cm³/mol. The van der Waals surface area contributed by atoms with Crippen LogP contribution in [0.3, 0.4) is 0 Å². The van der Waals surface area contributed by atoms with Crippen molar-refractivity contribution in [2.24, 2.45) is 0 Å². The van der Waals surface area contributed by atoms with Crippen LogP contribution in [-0.4, -0.2) is 31.2 Å². The minimum Gasteiger partial charge on any atom is -0.340 e. The number of hydrazine groups is 1. The van der Waals surface area contributed by atoms with Gasteiger partial charge < -0.3 is 10.6 Å². The lowest BCUT2D eigenvalue weighted by molar-refractivity contribution is 0.202. The van der Waals surface area contributed by atoms with Crippen molar-refractivity contribution in [2.45, 2.75) is 0 Å². The third kappa shape index (κ3) is 3.54. The molecular formula is C16H18N4O2. The highest BCUT2D eigenvalue weighted by Crippen LogP contribution is 2.17. The molecule has 0 aliphatic rings. The molecular weight excluding hydrogens is 280 g/mol. The van der Waals surface area contributed by atoms with Crippen LogP contribution in [-0.2, 0) is 0 Å². The van der Waals surface area contributed by atoms with E-state index in [4.69, 9.17) is 0 Å². The molecule has 114 valence electrons. The zero-order chi connectivity index (χ0) is 15.9. The monoisotopic (exact) mass is 298 g/mol. The number of anilines is 2. The molecule has 0 aliphatic carbocycles. The van der Waals surface area contributed by atoms with Gasteiger partial charge in [-0.1, -0.05) is 36.4 Å². The second-order valence-electron chi connectivity index (χ2n) is 4.52. The van der Waals surface area contributed by atoms with Gasteiger partial charge in [0, 0.05) is 19.8 Å². The number of carbonyl (C=O) groups excluding carboxylic acids is 2. The molecule has 0 fully saturated rings. The van der Waals surface area contributed by atoms with E-state index in [1.807, 2.05) is 24.3 Å². The van der Waals surface area contributed by atoms with Crippen molar-refractivity contribution in [1.29, 1.82) is 0 Å². The van der Waals surface area contributed by atoms with Crippen LogP contribution in [0.5, 0.6) is 0 Å². The summed E-state index contributed by atoms with van der Waals surface area (Å²) >= 11 is 0. The van der Waals surface area contributed by atoms with Crippen molar-refractivity contribution < 1.29 is 9.59 Å². The summed E-state index contributed by atoms with van der Waals surface area (Å²) in [5.41, 5.74) is 1.24. The molecule has 0 heterocycles. The van der Waals surface area contributed by atoms with Gasteiger partial charge in [0.1, 0.15) is 0 Å². The molecule has 6 heteroatoms. The zero-order valence-corrected chi connectivity index (χ0v) is 12.5. The highest BCUT2D eigenvalue weighted by Gasteiger charge is 2.23. The molecule has 0 unspecified atom stereocenters. The van der Waals surface area contributed by atoms with Crippen molar-refractivity contribution in [3.63, 3.8) is 0 Å². The van der Waals surface area contributed by atoms with Crippen LogP contribution in [0.4, 0.5) is 21.0 Å². The van der Waals surface area contributed by atoms with Gasteiger partial charge in [-0.25, -0.2) is 14.6 Å². The molecule has 0 bridgehead atoms. The van der Waals surface area contributed by atoms with Gasteiger partial charge in [0.25, 0.3) is 0 Å². The lowest BCUT2D eigenvalue weighted by atomic mass is 10.3.